The summed E-state index contributed by atoms with van der Waals surface area (Å²) in [6.07, 6.45) is 8.50. The van der Waals surface area contributed by atoms with Crippen LogP contribution in [-0.4, -0.2) is 49.9 Å². The fourth-order valence-electron chi connectivity index (χ4n) is 12.9. The number of carbonyl (C=O) groups is 1. The van der Waals surface area contributed by atoms with Gasteiger partial charge in [-0.1, -0.05) is 123 Å². The first kappa shape index (κ1) is 37.8. The SMILES string of the molecule is CC(C)[C@@H](C)[C@@H]1OC(C)(C)O[C@H]1[C@@H](C)[C@H]1C[C@H]2O[C@]23C2=CC(=O)[C@@H]4C[C@H](O[Si](c5ccccc5)(c5ccccc5)C(C)(C)C)CC[C@]4(C)[C@H]2CC[C@]13C. The summed E-state index contributed by atoms with van der Waals surface area (Å²) in [5.74, 6) is 1.75. The van der Waals surface area contributed by atoms with E-state index in [-0.39, 0.29) is 51.8 Å². The molecule has 8 rings (SSSR count). The summed E-state index contributed by atoms with van der Waals surface area (Å²) >= 11 is 0. The lowest BCUT2D eigenvalue weighted by Gasteiger charge is -2.58. The van der Waals surface area contributed by atoms with Gasteiger partial charge in [0.05, 0.1) is 18.3 Å². The maximum atomic E-state index is 14.7. The molecule has 6 aliphatic rings. The van der Waals surface area contributed by atoms with Gasteiger partial charge in [0, 0.05) is 17.4 Å². The molecule has 6 heteroatoms. The molecule has 2 aliphatic heterocycles. The van der Waals surface area contributed by atoms with Crippen molar-refractivity contribution in [3.63, 3.8) is 0 Å². The third kappa shape index (κ3) is 5.53. The highest BCUT2D eigenvalue weighted by molar-refractivity contribution is 6.99. The lowest BCUT2D eigenvalue weighted by Crippen LogP contribution is -2.68. The van der Waals surface area contributed by atoms with E-state index < -0.39 is 14.1 Å². The van der Waals surface area contributed by atoms with Crippen molar-refractivity contribution in [1.82, 2.24) is 0 Å². The van der Waals surface area contributed by atoms with Gasteiger partial charge in [0.1, 0.15) is 5.60 Å². The van der Waals surface area contributed by atoms with Crippen molar-refractivity contribution in [1.29, 1.82) is 0 Å². The second kappa shape index (κ2) is 12.7. The van der Waals surface area contributed by atoms with Crippen molar-refractivity contribution >= 4 is 24.5 Å². The van der Waals surface area contributed by atoms with Gasteiger partial charge in [-0.3, -0.25) is 4.79 Å². The van der Waals surface area contributed by atoms with Gasteiger partial charge in [0.15, 0.2) is 11.6 Å². The molecular weight excluding hydrogens is 673 g/mol. The maximum Gasteiger partial charge on any atom is 0.261 e. The van der Waals surface area contributed by atoms with Crippen LogP contribution in [0.1, 0.15) is 115 Å². The van der Waals surface area contributed by atoms with Gasteiger partial charge in [-0.15, -0.1) is 0 Å². The topological polar surface area (TPSA) is 57.3 Å². The first-order valence-corrected chi connectivity index (χ1v) is 22.9. The van der Waals surface area contributed by atoms with Crippen LogP contribution in [0.15, 0.2) is 72.3 Å². The molecule has 5 fully saturated rings. The summed E-state index contributed by atoms with van der Waals surface area (Å²) in [7, 11) is -2.73. The number of allylic oxidation sites excluding steroid dienone is 1. The molecule has 2 aromatic carbocycles. The second-order valence-corrected chi connectivity index (χ2v) is 24.7. The molecule has 0 aromatic heterocycles. The minimum Gasteiger partial charge on any atom is -0.404 e. The van der Waals surface area contributed by atoms with Crippen LogP contribution in [0, 0.1) is 46.3 Å². The number of hydrogen-bond donors (Lipinski definition) is 0. The van der Waals surface area contributed by atoms with Crippen molar-refractivity contribution < 1.29 is 23.4 Å². The van der Waals surface area contributed by atoms with Crippen LogP contribution in [0.25, 0.3) is 0 Å². The molecule has 53 heavy (non-hydrogen) atoms. The summed E-state index contributed by atoms with van der Waals surface area (Å²) in [4.78, 5) is 14.7. The van der Waals surface area contributed by atoms with Crippen molar-refractivity contribution in [2.75, 3.05) is 0 Å². The Morgan fingerprint density at radius 1 is 0.774 bits per heavy atom. The zero-order valence-electron chi connectivity index (χ0n) is 34.4. The van der Waals surface area contributed by atoms with Crippen LogP contribution < -0.4 is 10.4 Å². The van der Waals surface area contributed by atoms with E-state index in [1.165, 1.54) is 15.9 Å². The average molecular weight is 739 g/mol. The van der Waals surface area contributed by atoms with Crippen LogP contribution in [0.5, 0.6) is 0 Å². The van der Waals surface area contributed by atoms with Crippen molar-refractivity contribution in [3.05, 3.63) is 72.3 Å². The minimum atomic E-state index is -2.73. The van der Waals surface area contributed by atoms with Crippen molar-refractivity contribution in [2.45, 2.75) is 156 Å². The molecule has 3 saturated carbocycles. The van der Waals surface area contributed by atoms with Crippen LogP contribution in [-0.2, 0) is 23.4 Å². The largest absolute Gasteiger partial charge is 0.404 e. The third-order valence-electron chi connectivity index (χ3n) is 16.0. The molecule has 0 bridgehead atoms. The molecule has 0 unspecified atom stereocenters. The normalized spacial score (nSPS) is 40.1. The Balaban J connectivity index is 1.08. The fraction of sp³-hybridized carbons (Fsp3) is 0.681. The summed E-state index contributed by atoms with van der Waals surface area (Å²) in [6, 6.07) is 21.9. The summed E-state index contributed by atoms with van der Waals surface area (Å²) < 4.78 is 28.0. The van der Waals surface area contributed by atoms with E-state index in [0.717, 1.165) is 38.5 Å². The van der Waals surface area contributed by atoms with E-state index in [9.17, 15) is 4.79 Å². The molecule has 5 nitrogen and oxygen atoms in total. The molecule has 0 amide bonds. The highest BCUT2D eigenvalue weighted by atomic mass is 28.4. The number of epoxide rings is 1. The predicted octanol–water partition coefficient (Wildman–Crippen LogP) is 9.27. The zero-order chi connectivity index (χ0) is 37.9. The van der Waals surface area contributed by atoms with E-state index in [0.29, 0.717) is 35.4 Å². The van der Waals surface area contributed by atoms with E-state index in [2.05, 4.69) is 143 Å². The van der Waals surface area contributed by atoms with E-state index >= 15 is 0 Å². The number of ether oxygens (including phenoxy) is 3. The van der Waals surface area contributed by atoms with Crippen LogP contribution in [0.4, 0.5) is 0 Å². The summed E-state index contributed by atoms with van der Waals surface area (Å²) in [6.45, 7) is 25.5. The fourth-order valence-corrected chi connectivity index (χ4v) is 17.6. The van der Waals surface area contributed by atoms with Crippen LogP contribution in [0.3, 0.4) is 0 Å². The van der Waals surface area contributed by atoms with Gasteiger partial charge in [-0.2, -0.15) is 0 Å². The molecular formula is C47H66O5Si. The van der Waals surface area contributed by atoms with Gasteiger partial charge in [0.25, 0.3) is 8.32 Å². The van der Waals surface area contributed by atoms with Gasteiger partial charge >= 0.3 is 0 Å². The van der Waals surface area contributed by atoms with E-state index in [4.69, 9.17) is 18.6 Å². The molecule has 1 spiro atoms. The number of carbonyl (C=O) groups excluding carboxylic acids is 1. The monoisotopic (exact) mass is 738 g/mol. The maximum absolute atomic E-state index is 14.7. The first-order chi connectivity index (χ1) is 24.9. The van der Waals surface area contributed by atoms with Crippen molar-refractivity contribution in [3.8, 4) is 0 Å². The highest BCUT2D eigenvalue weighted by Gasteiger charge is 2.80. The highest BCUT2D eigenvalue weighted by Crippen LogP contribution is 2.76. The Hall–Kier alpha value is -2.09. The molecule has 2 aromatic rings. The summed E-state index contributed by atoms with van der Waals surface area (Å²) in [5.41, 5.74) is 0.882. The van der Waals surface area contributed by atoms with Crippen molar-refractivity contribution in [2.24, 2.45) is 46.3 Å². The molecule has 2 saturated heterocycles. The van der Waals surface area contributed by atoms with Gasteiger partial charge in [0.2, 0.25) is 0 Å². The quantitative estimate of drug-likeness (QED) is 0.200. The number of fused-ring (bicyclic) bond motifs is 3. The van der Waals surface area contributed by atoms with Crippen LogP contribution in [0.2, 0.25) is 5.04 Å². The lowest BCUT2D eigenvalue weighted by atomic mass is 9.46. The molecule has 12 atom stereocenters. The molecule has 4 aliphatic carbocycles. The Labute approximate surface area is 321 Å². The molecule has 2 heterocycles. The van der Waals surface area contributed by atoms with Gasteiger partial charge < -0.3 is 18.6 Å². The molecule has 288 valence electrons. The van der Waals surface area contributed by atoms with Gasteiger partial charge in [-0.25, -0.2) is 0 Å². The smallest absolute Gasteiger partial charge is 0.261 e. The second-order valence-electron chi connectivity index (χ2n) is 20.5. The average Bonchev–Trinajstić information content (AvgIpc) is 3.65. The zero-order valence-corrected chi connectivity index (χ0v) is 35.4. The Morgan fingerprint density at radius 3 is 1.96 bits per heavy atom. The predicted molar refractivity (Wildman–Crippen MR) is 215 cm³/mol. The molecule has 0 radical (unpaired) electrons. The Bertz CT molecular complexity index is 1690. The Morgan fingerprint density at radius 2 is 1.38 bits per heavy atom. The Kier molecular flexibility index (Phi) is 9.07. The van der Waals surface area contributed by atoms with Gasteiger partial charge in [-0.05, 0) is 114 Å². The molecule has 0 N–H and O–H groups in total. The van der Waals surface area contributed by atoms with E-state index in [1.54, 1.807) is 0 Å². The van der Waals surface area contributed by atoms with Crippen LogP contribution >= 0.6 is 0 Å². The third-order valence-corrected chi connectivity index (χ3v) is 21.1. The van der Waals surface area contributed by atoms with E-state index in [1.807, 2.05) is 0 Å². The standard InChI is InChI=1S/C47H66O5Si/c1-29(2)30(3)41-42(51-44(8,9)50-41)31(4)36-28-40-47(49-40)37-27-39(48)38-26-32(22-24-45(38,10)35(37)23-25-46(36,47)11)52-53(43(5,6)7,33-18-14-12-15-19-33)34-20-16-13-17-21-34/h12-21,27,29-32,35-36,38,40-42H,22-26,28H2,1-11H3/t30-,31+,32-,35+,36-,38+,40-,41+,42+,45-,46-,47-/m1/s1. The summed E-state index contributed by atoms with van der Waals surface area (Å²) in [5, 5.41) is 2.51. The number of rotatable bonds is 8. The minimum absolute atomic E-state index is 0.0333. The first-order valence-electron chi connectivity index (χ1n) is 21.0. The number of benzene rings is 2. The lowest BCUT2D eigenvalue weighted by molar-refractivity contribution is -0.158. The number of hydrogen-bond acceptors (Lipinski definition) is 5. The number of ketones is 1.